The molecule has 2 heteroatoms. The number of halogens is 1. The summed E-state index contributed by atoms with van der Waals surface area (Å²) in [6, 6.07) is 0. The summed E-state index contributed by atoms with van der Waals surface area (Å²) < 4.78 is 13.2. The van der Waals surface area contributed by atoms with Crippen molar-refractivity contribution in [1.29, 1.82) is 0 Å². The Bertz CT molecular complexity index is 116. The molecule has 0 amide bonds. The number of alkyl halides is 1. The lowest BCUT2D eigenvalue weighted by atomic mass is 9.93. The quantitative estimate of drug-likeness (QED) is 0.596. The predicted molar refractivity (Wildman–Crippen MR) is 45.4 cm³/mol. The van der Waals surface area contributed by atoms with Crippen LogP contribution >= 0.6 is 0 Å². The number of rotatable bonds is 2. The second-order valence-electron chi connectivity index (χ2n) is 3.37. The van der Waals surface area contributed by atoms with Gasteiger partial charge in [-0.2, -0.15) is 0 Å². The number of nitrogens with zero attached hydrogens (tertiary/aromatic N) is 1. The largest absolute Gasteiger partial charge is 0.301 e. The Hall–Kier alpha value is -0.110. The molecule has 1 rings (SSSR count). The summed E-state index contributed by atoms with van der Waals surface area (Å²) >= 11 is 0. The molecule has 0 N–H and O–H groups in total. The summed E-state index contributed by atoms with van der Waals surface area (Å²) in [5, 5.41) is 0. The van der Waals surface area contributed by atoms with Gasteiger partial charge in [-0.05, 0) is 25.4 Å². The second kappa shape index (κ2) is 4.05. The highest BCUT2D eigenvalue weighted by molar-refractivity contribution is 4.78. The highest BCUT2D eigenvalue weighted by Crippen LogP contribution is 2.22. The van der Waals surface area contributed by atoms with Crippen LogP contribution in [0.4, 0.5) is 4.39 Å². The van der Waals surface area contributed by atoms with E-state index in [1.807, 2.05) is 0 Å². The van der Waals surface area contributed by atoms with E-state index in [1.54, 1.807) is 0 Å². The third kappa shape index (κ3) is 2.16. The van der Waals surface area contributed by atoms with Crippen molar-refractivity contribution in [2.75, 3.05) is 19.6 Å². The molecule has 0 bridgehead atoms. The number of piperidine rings is 1. The monoisotopic (exact) mass is 159 g/mol. The third-order valence-electron chi connectivity index (χ3n) is 2.73. The minimum Gasteiger partial charge on any atom is -0.301 e. The molecule has 1 aliphatic rings. The van der Waals surface area contributed by atoms with Gasteiger partial charge in [-0.3, -0.25) is 0 Å². The van der Waals surface area contributed by atoms with Gasteiger partial charge < -0.3 is 4.90 Å². The topological polar surface area (TPSA) is 3.24 Å². The van der Waals surface area contributed by atoms with E-state index < -0.39 is 6.17 Å². The van der Waals surface area contributed by atoms with Gasteiger partial charge in [0.25, 0.3) is 0 Å². The molecule has 1 saturated heterocycles. The standard InChI is InChI=1S/C9H18FN/c1-3-8-5-6-11(4-2)7-9(8)10/h8-9H,3-7H2,1-2H3/t8?,9-/m1/s1. The van der Waals surface area contributed by atoms with Crippen LogP contribution in [0.25, 0.3) is 0 Å². The van der Waals surface area contributed by atoms with Gasteiger partial charge in [0, 0.05) is 6.54 Å². The van der Waals surface area contributed by atoms with Crippen LogP contribution in [0, 0.1) is 5.92 Å². The van der Waals surface area contributed by atoms with Crippen molar-refractivity contribution in [3.8, 4) is 0 Å². The van der Waals surface area contributed by atoms with Crippen molar-refractivity contribution in [2.24, 2.45) is 5.92 Å². The fraction of sp³-hybridized carbons (Fsp3) is 1.00. The smallest absolute Gasteiger partial charge is 0.116 e. The van der Waals surface area contributed by atoms with Crippen molar-refractivity contribution < 1.29 is 4.39 Å². The highest BCUT2D eigenvalue weighted by Gasteiger charge is 2.26. The summed E-state index contributed by atoms with van der Waals surface area (Å²) in [6.07, 6.45) is 1.47. The van der Waals surface area contributed by atoms with E-state index in [2.05, 4.69) is 18.7 Å². The zero-order valence-electron chi connectivity index (χ0n) is 7.52. The lowest BCUT2D eigenvalue weighted by molar-refractivity contribution is 0.0866. The van der Waals surface area contributed by atoms with Crippen LogP contribution in [0.15, 0.2) is 0 Å². The maximum atomic E-state index is 13.2. The van der Waals surface area contributed by atoms with Gasteiger partial charge in [-0.25, -0.2) is 4.39 Å². The Morgan fingerprint density at radius 1 is 1.45 bits per heavy atom. The summed E-state index contributed by atoms with van der Waals surface area (Å²) in [6.45, 7) is 6.93. The van der Waals surface area contributed by atoms with Gasteiger partial charge in [0.15, 0.2) is 0 Å². The summed E-state index contributed by atoms with van der Waals surface area (Å²) in [4.78, 5) is 2.19. The maximum absolute atomic E-state index is 13.2. The van der Waals surface area contributed by atoms with Crippen molar-refractivity contribution in [1.82, 2.24) is 4.90 Å². The van der Waals surface area contributed by atoms with Gasteiger partial charge in [0.1, 0.15) is 6.17 Å². The second-order valence-corrected chi connectivity index (χ2v) is 3.37. The molecule has 1 aliphatic heterocycles. The van der Waals surface area contributed by atoms with E-state index in [0.717, 1.165) is 25.9 Å². The van der Waals surface area contributed by atoms with Gasteiger partial charge in [-0.15, -0.1) is 0 Å². The average molecular weight is 159 g/mol. The van der Waals surface area contributed by atoms with Crippen LogP contribution in [0.2, 0.25) is 0 Å². The zero-order valence-corrected chi connectivity index (χ0v) is 7.52. The Labute approximate surface area is 68.6 Å². The van der Waals surface area contributed by atoms with Gasteiger partial charge in [0.2, 0.25) is 0 Å². The van der Waals surface area contributed by atoms with Crippen LogP contribution < -0.4 is 0 Å². The van der Waals surface area contributed by atoms with Gasteiger partial charge in [-0.1, -0.05) is 20.3 Å². The fourth-order valence-electron chi connectivity index (χ4n) is 1.76. The molecular weight excluding hydrogens is 141 g/mol. The SMILES string of the molecule is CCC1CCN(CC)C[C@H]1F. The number of hydrogen-bond acceptors (Lipinski definition) is 1. The normalized spacial score (nSPS) is 34.1. The zero-order chi connectivity index (χ0) is 8.27. The van der Waals surface area contributed by atoms with E-state index in [4.69, 9.17) is 0 Å². The Morgan fingerprint density at radius 2 is 2.18 bits per heavy atom. The molecule has 0 saturated carbocycles. The molecular formula is C9H18FN. The fourth-order valence-corrected chi connectivity index (χ4v) is 1.76. The average Bonchev–Trinajstić information content (AvgIpc) is 2.04. The lowest BCUT2D eigenvalue weighted by Crippen LogP contribution is -2.41. The van der Waals surface area contributed by atoms with Crippen LogP contribution in [0.3, 0.4) is 0 Å². The van der Waals surface area contributed by atoms with E-state index in [-0.39, 0.29) is 0 Å². The van der Waals surface area contributed by atoms with Crippen molar-refractivity contribution in [3.63, 3.8) is 0 Å². The van der Waals surface area contributed by atoms with Crippen LogP contribution in [0.5, 0.6) is 0 Å². The molecule has 1 unspecified atom stereocenters. The Kier molecular flexibility index (Phi) is 3.31. The van der Waals surface area contributed by atoms with E-state index in [9.17, 15) is 4.39 Å². The van der Waals surface area contributed by atoms with Gasteiger partial charge in [0.05, 0.1) is 0 Å². The van der Waals surface area contributed by atoms with Crippen molar-refractivity contribution in [3.05, 3.63) is 0 Å². The Morgan fingerprint density at radius 3 is 2.64 bits per heavy atom. The highest BCUT2D eigenvalue weighted by atomic mass is 19.1. The first-order chi connectivity index (χ1) is 5.27. The van der Waals surface area contributed by atoms with Crippen LogP contribution in [0.1, 0.15) is 26.7 Å². The minimum atomic E-state index is -0.575. The molecule has 0 radical (unpaired) electrons. The predicted octanol–water partition coefficient (Wildman–Crippen LogP) is 2.08. The number of likely N-dealkylation sites (tertiary alicyclic amines) is 1. The van der Waals surface area contributed by atoms with E-state index >= 15 is 0 Å². The van der Waals surface area contributed by atoms with Gasteiger partial charge >= 0.3 is 0 Å². The first-order valence-corrected chi connectivity index (χ1v) is 4.64. The first-order valence-electron chi connectivity index (χ1n) is 4.64. The lowest BCUT2D eigenvalue weighted by Gasteiger charge is -2.33. The third-order valence-corrected chi connectivity index (χ3v) is 2.73. The molecule has 66 valence electrons. The first kappa shape index (κ1) is 8.98. The van der Waals surface area contributed by atoms with Crippen molar-refractivity contribution in [2.45, 2.75) is 32.9 Å². The molecule has 0 aromatic heterocycles. The molecule has 1 heterocycles. The minimum absolute atomic E-state index is 0.331. The summed E-state index contributed by atoms with van der Waals surface area (Å²) in [5.74, 6) is 0.331. The van der Waals surface area contributed by atoms with E-state index in [0.29, 0.717) is 12.5 Å². The maximum Gasteiger partial charge on any atom is 0.116 e. The molecule has 11 heavy (non-hydrogen) atoms. The van der Waals surface area contributed by atoms with E-state index in [1.165, 1.54) is 0 Å². The number of hydrogen-bond donors (Lipinski definition) is 0. The molecule has 0 aliphatic carbocycles. The molecule has 1 fully saturated rings. The van der Waals surface area contributed by atoms with Crippen LogP contribution in [-0.2, 0) is 0 Å². The summed E-state index contributed by atoms with van der Waals surface area (Å²) in [5.41, 5.74) is 0. The van der Waals surface area contributed by atoms with Crippen LogP contribution in [-0.4, -0.2) is 30.7 Å². The summed E-state index contributed by atoms with van der Waals surface area (Å²) in [7, 11) is 0. The molecule has 2 atom stereocenters. The van der Waals surface area contributed by atoms with Crippen molar-refractivity contribution >= 4 is 0 Å². The molecule has 1 nitrogen and oxygen atoms in total. The molecule has 0 spiro atoms. The Balaban J connectivity index is 2.34. The molecule has 0 aromatic rings. The molecule has 0 aromatic carbocycles.